The Balaban J connectivity index is 1.67. The summed E-state index contributed by atoms with van der Waals surface area (Å²) < 4.78 is 7.73. The molecule has 10 heteroatoms. The molecule has 36 heavy (non-hydrogen) atoms. The van der Waals surface area contributed by atoms with Crippen LogP contribution in [0.5, 0.6) is 0 Å². The predicted octanol–water partition coefficient (Wildman–Crippen LogP) is 3.45. The molecule has 5 aromatic rings. The second-order valence-corrected chi connectivity index (χ2v) is 8.60. The van der Waals surface area contributed by atoms with Crippen molar-refractivity contribution in [3.05, 3.63) is 66.5 Å². The second-order valence-electron chi connectivity index (χ2n) is 8.60. The van der Waals surface area contributed by atoms with Crippen LogP contribution in [0.4, 0.5) is 5.69 Å². The van der Waals surface area contributed by atoms with E-state index < -0.39 is 0 Å². The number of rotatable bonds is 5. The van der Waals surface area contributed by atoms with E-state index in [0.717, 1.165) is 57.8 Å². The van der Waals surface area contributed by atoms with Gasteiger partial charge in [0, 0.05) is 47.7 Å². The molecule has 0 aliphatic carbocycles. The van der Waals surface area contributed by atoms with Gasteiger partial charge in [-0.1, -0.05) is 18.2 Å². The molecule has 2 aromatic carbocycles. The summed E-state index contributed by atoms with van der Waals surface area (Å²) >= 11 is 0. The van der Waals surface area contributed by atoms with Crippen LogP contribution < -0.4 is 10.6 Å². The highest BCUT2D eigenvalue weighted by Gasteiger charge is 2.22. The zero-order chi connectivity index (χ0) is 24.6. The molecule has 3 aromatic heterocycles. The maximum atomic E-state index is 7.81. The first kappa shape index (κ1) is 21.9. The fraction of sp³-hybridized carbons (Fsp3) is 0.192. The van der Waals surface area contributed by atoms with E-state index >= 15 is 0 Å². The van der Waals surface area contributed by atoms with Gasteiger partial charge >= 0.3 is 0 Å². The van der Waals surface area contributed by atoms with Crippen molar-refractivity contribution >= 4 is 39.4 Å². The Morgan fingerprint density at radius 3 is 2.72 bits per heavy atom. The molecule has 0 saturated carbocycles. The zero-order valence-electron chi connectivity index (χ0n) is 19.8. The molecule has 1 aliphatic rings. The number of morpholine rings is 1. The Kier molecular flexibility index (Phi) is 5.42. The molecule has 6 rings (SSSR count). The minimum atomic E-state index is 0.542. The SMILES string of the molecule is Cc1nc2c(-c3nnc[nH]3)cc(N3CCOCC3)cc2n1-c1cc(/C(C=N)=C/N)nc2ccccc12. The van der Waals surface area contributed by atoms with Crippen LogP contribution in [0.3, 0.4) is 0 Å². The molecule has 4 heterocycles. The molecule has 0 unspecified atom stereocenters. The number of nitrogens with one attached hydrogen (secondary N) is 2. The van der Waals surface area contributed by atoms with E-state index in [1.807, 2.05) is 37.3 Å². The first-order chi connectivity index (χ1) is 17.7. The molecule has 10 nitrogen and oxygen atoms in total. The third-order valence-corrected chi connectivity index (χ3v) is 6.53. The number of ether oxygens (including phenoxy) is 1. The van der Waals surface area contributed by atoms with Crippen molar-refractivity contribution in [2.45, 2.75) is 6.92 Å². The summed E-state index contributed by atoms with van der Waals surface area (Å²) in [6.07, 6.45) is 4.21. The number of imidazole rings is 1. The maximum Gasteiger partial charge on any atom is 0.163 e. The summed E-state index contributed by atoms with van der Waals surface area (Å²) in [6, 6.07) is 14.2. The first-order valence-electron chi connectivity index (χ1n) is 11.7. The van der Waals surface area contributed by atoms with Gasteiger partial charge < -0.3 is 25.8 Å². The molecule has 1 fully saturated rings. The highest BCUT2D eigenvalue weighted by Crippen LogP contribution is 2.36. The normalized spacial score (nSPS) is 14.6. The molecule has 1 saturated heterocycles. The molecule has 4 N–H and O–H groups in total. The van der Waals surface area contributed by atoms with Gasteiger partial charge in [-0.15, -0.1) is 10.2 Å². The minimum absolute atomic E-state index is 0.542. The fourth-order valence-electron chi connectivity index (χ4n) is 4.80. The Bertz CT molecular complexity index is 1610. The number of H-pyrrole nitrogens is 1. The van der Waals surface area contributed by atoms with Crippen LogP contribution in [0.25, 0.3) is 44.6 Å². The van der Waals surface area contributed by atoms with Gasteiger partial charge in [-0.2, -0.15) is 0 Å². The predicted molar refractivity (Wildman–Crippen MR) is 140 cm³/mol. The Morgan fingerprint density at radius 2 is 1.97 bits per heavy atom. The Morgan fingerprint density at radius 1 is 1.14 bits per heavy atom. The molecular weight excluding hydrogens is 454 g/mol. The van der Waals surface area contributed by atoms with Gasteiger partial charge in [0.15, 0.2) is 5.82 Å². The summed E-state index contributed by atoms with van der Waals surface area (Å²) in [5.74, 6) is 1.48. The quantitative estimate of drug-likeness (QED) is 0.329. The molecule has 0 bridgehead atoms. The van der Waals surface area contributed by atoms with Crippen molar-refractivity contribution in [1.82, 2.24) is 29.7 Å². The molecule has 180 valence electrons. The van der Waals surface area contributed by atoms with E-state index in [4.69, 9.17) is 25.8 Å². The number of nitrogens with zero attached hydrogens (tertiary/aromatic N) is 6. The number of nitrogens with two attached hydrogens (primary N) is 1. The number of aromatic amines is 1. The summed E-state index contributed by atoms with van der Waals surface area (Å²) in [6.45, 7) is 4.97. The third kappa shape index (κ3) is 3.59. The number of fused-ring (bicyclic) bond motifs is 2. The average Bonchev–Trinajstić information content (AvgIpc) is 3.56. The van der Waals surface area contributed by atoms with Gasteiger partial charge in [0.2, 0.25) is 0 Å². The number of pyridine rings is 1. The highest BCUT2D eigenvalue weighted by atomic mass is 16.5. The number of hydrogen-bond donors (Lipinski definition) is 3. The van der Waals surface area contributed by atoms with E-state index in [0.29, 0.717) is 30.3 Å². The number of aryl methyl sites for hydroxylation is 1. The molecule has 0 atom stereocenters. The van der Waals surface area contributed by atoms with E-state index in [1.165, 1.54) is 12.4 Å². The van der Waals surface area contributed by atoms with Crippen LogP contribution in [0.1, 0.15) is 11.5 Å². The molecule has 0 spiro atoms. The lowest BCUT2D eigenvalue weighted by Crippen LogP contribution is -2.36. The van der Waals surface area contributed by atoms with Gasteiger partial charge in [0.1, 0.15) is 17.7 Å². The summed E-state index contributed by atoms with van der Waals surface area (Å²) in [7, 11) is 0. The number of allylic oxidation sites excluding steroid dienone is 1. The number of anilines is 1. The number of para-hydroxylation sites is 1. The summed E-state index contributed by atoms with van der Waals surface area (Å²) in [5.41, 5.74) is 12.4. The Hall–Kier alpha value is -4.57. The first-order valence-corrected chi connectivity index (χ1v) is 11.7. The molecule has 0 amide bonds. The number of aromatic nitrogens is 6. The van der Waals surface area contributed by atoms with Gasteiger partial charge in [-0.05, 0) is 31.2 Å². The van der Waals surface area contributed by atoms with E-state index in [9.17, 15) is 0 Å². The topological polar surface area (TPSA) is 135 Å². The van der Waals surface area contributed by atoms with Gasteiger partial charge in [-0.3, -0.25) is 4.57 Å². The monoisotopic (exact) mass is 479 g/mol. The van der Waals surface area contributed by atoms with Crippen LogP contribution in [0.15, 0.2) is 55.0 Å². The van der Waals surface area contributed by atoms with Crippen LogP contribution in [0.2, 0.25) is 0 Å². The second kappa shape index (κ2) is 8.90. The average molecular weight is 480 g/mol. The maximum absolute atomic E-state index is 7.81. The molecule has 1 aliphatic heterocycles. The summed E-state index contributed by atoms with van der Waals surface area (Å²) in [4.78, 5) is 15.2. The van der Waals surface area contributed by atoms with E-state index in [1.54, 1.807) is 6.33 Å². The van der Waals surface area contributed by atoms with Crippen LogP contribution in [0, 0.1) is 12.3 Å². The van der Waals surface area contributed by atoms with Crippen LogP contribution in [-0.4, -0.2) is 62.2 Å². The summed E-state index contributed by atoms with van der Waals surface area (Å²) in [5, 5.41) is 17.1. The van der Waals surface area contributed by atoms with Crippen molar-refractivity contribution in [3.8, 4) is 17.1 Å². The van der Waals surface area contributed by atoms with Crippen molar-refractivity contribution in [1.29, 1.82) is 5.41 Å². The zero-order valence-corrected chi connectivity index (χ0v) is 19.8. The van der Waals surface area contributed by atoms with Crippen molar-refractivity contribution in [3.63, 3.8) is 0 Å². The van der Waals surface area contributed by atoms with Gasteiger partial charge in [-0.25, -0.2) is 9.97 Å². The van der Waals surface area contributed by atoms with E-state index in [2.05, 4.69) is 36.8 Å². The standard InChI is InChI=1S/C26H25N9O/c1-16-31-25-20(26-29-15-30-33-26)10-18(34-6-8-36-9-7-34)11-24(25)35(16)23-12-22(17(13-27)14-28)32-21-5-3-2-4-19(21)23/h2-5,10-15,27H,6-9,28H2,1H3,(H,29,30,33)/b17-14+,27-13?. The van der Waals surface area contributed by atoms with E-state index in [-0.39, 0.29) is 0 Å². The van der Waals surface area contributed by atoms with Crippen molar-refractivity contribution < 1.29 is 4.74 Å². The number of hydrogen-bond acceptors (Lipinski definition) is 8. The third-order valence-electron chi connectivity index (χ3n) is 6.53. The largest absolute Gasteiger partial charge is 0.404 e. The van der Waals surface area contributed by atoms with Crippen molar-refractivity contribution in [2.24, 2.45) is 5.73 Å². The molecular formula is C26H25N9O. The lowest BCUT2D eigenvalue weighted by Gasteiger charge is -2.29. The fourth-order valence-corrected chi connectivity index (χ4v) is 4.80. The smallest absolute Gasteiger partial charge is 0.163 e. The van der Waals surface area contributed by atoms with Crippen molar-refractivity contribution in [2.75, 3.05) is 31.2 Å². The van der Waals surface area contributed by atoms with Crippen LogP contribution in [-0.2, 0) is 4.74 Å². The number of benzene rings is 2. The van der Waals surface area contributed by atoms with Gasteiger partial charge in [0.05, 0.1) is 35.6 Å². The Labute approximate surface area is 207 Å². The minimum Gasteiger partial charge on any atom is -0.404 e. The lowest BCUT2D eigenvalue weighted by atomic mass is 10.1. The van der Waals surface area contributed by atoms with Crippen LogP contribution >= 0.6 is 0 Å². The highest BCUT2D eigenvalue weighted by molar-refractivity contribution is 6.08. The molecule has 0 radical (unpaired) electrons. The van der Waals surface area contributed by atoms with Gasteiger partial charge in [0.25, 0.3) is 0 Å². The lowest BCUT2D eigenvalue weighted by molar-refractivity contribution is 0.122.